The fraction of sp³-hybridized carbons (Fsp3) is 0.417. The standard InChI is InChI=1S/C24H30N2O4/c1-17-7-5-6-8-21(17)22(27)26-11-9-24(2,10-12-26)23(28)25-16-18-13-19(29-3)15-20(14-18)30-4/h5-8,13-15H,9-12,16H2,1-4H3,(H,25,28). The van der Waals surface area contributed by atoms with Crippen LogP contribution >= 0.6 is 0 Å². The Morgan fingerprint density at radius 1 is 1.03 bits per heavy atom. The van der Waals surface area contributed by atoms with E-state index in [1.807, 2.05) is 55.1 Å². The molecule has 0 aromatic heterocycles. The number of nitrogens with zero attached hydrogens (tertiary/aromatic N) is 1. The second kappa shape index (κ2) is 9.20. The Hall–Kier alpha value is -3.02. The Balaban J connectivity index is 1.59. The molecule has 2 amide bonds. The van der Waals surface area contributed by atoms with Gasteiger partial charge in [-0.15, -0.1) is 0 Å². The Bertz CT molecular complexity index is 895. The number of piperidine rings is 1. The van der Waals surface area contributed by atoms with Crippen LogP contribution in [0.2, 0.25) is 0 Å². The molecule has 160 valence electrons. The van der Waals surface area contributed by atoms with Gasteiger partial charge in [-0.1, -0.05) is 25.1 Å². The molecule has 2 aromatic rings. The molecule has 6 nitrogen and oxygen atoms in total. The van der Waals surface area contributed by atoms with E-state index in [4.69, 9.17) is 9.47 Å². The number of rotatable bonds is 6. The van der Waals surface area contributed by atoms with E-state index in [0.717, 1.165) is 16.7 Å². The smallest absolute Gasteiger partial charge is 0.254 e. The van der Waals surface area contributed by atoms with Crippen molar-refractivity contribution in [3.63, 3.8) is 0 Å². The minimum atomic E-state index is -0.495. The van der Waals surface area contributed by atoms with E-state index in [1.165, 1.54) is 0 Å². The maximum Gasteiger partial charge on any atom is 0.254 e. The quantitative estimate of drug-likeness (QED) is 0.791. The van der Waals surface area contributed by atoms with Crippen molar-refractivity contribution >= 4 is 11.8 Å². The number of ether oxygens (including phenoxy) is 2. The predicted octanol–water partition coefficient (Wildman–Crippen LogP) is 3.57. The average Bonchev–Trinajstić information content (AvgIpc) is 2.77. The molecule has 0 unspecified atom stereocenters. The first-order valence-corrected chi connectivity index (χ1v) is 10.2. The van der Waals surface area contributed by atoms with E-state index >= 15 is 0 Å². The lowest BCUT2D eigenvalue weighted by Crippen LogP contribution is -2.48. The summed E-state index contributed by atoms with van der Waals surface area (Å²) in [7, 11) is 3.20. The summed E-state index contributed by atoms with van der Waals surface area (Å²) in [5, 5.41) is 3.04. The van der Waals surface area contributed by atoms with Crippen LogP contribution < -0.4 is 14.8 Å². The lowest BCUT2D eigenvalue weighted by atomic mass is 9.79. The molecule has 0 aliphatic carbocycles. The van der Waals surface area contributed by atoms with Gasteiger partial charge in [0.2, 0.25) is 5.91 Å². The summed E-state index contributed by atoms with van der Waals surface area (Å²) >= 11 is 0. The minimum absolute atomic E-state index is 0.00674. The van der Waals surface area contributed by atoms with Crippen LogP contribution in [0.5, 0.6) is 11.5 Å². The molecule has 1 heterocycles. The van der Waals surface area contributed by atoms with Gasteiger partial charge in [0, 0.05) is 36.7 Å². The fourth-order valence-corrected chi connectivity index (χ4v) is 3.78. The molecule has 1 aliphatic rings. The van der Waals surface area contributed by atoms with Crippen molar-refractivity contribution in [3.8, 4) is 11.5 Å². The summed E-state index contributed by atoms with van der Waals surface area (Å²) < 4.78 is 10.6. The normalized spacial score (nSPS) is 15.4. The van der Waals surface area contributed by atoms with Crippen molar-refractivity contribution in [1.82, 2.24) is 10.2 Å². The van der Waals surface area contributed by atoms with Crippen molar-refractivity contribution in [3.05, 3.63) is 59.2 Å². The van der Waals surface area contributed by atoms with Gasteiger partial charge in [-0.25, -0.2) is 0 Å². The first-order valence-electron chi connectivity index (χ1n) is 10.2. The summed E-state index contributed by atoms with van der Waals surface area (Å²) in [6, 6.07) is 13.2. The van der Waals surface area contributed by atoms with Gasteiger partial charge in [0.15, 0.2) is 0 Å². The number of likely N-dealkylation sites (tertiary alicyclic amines) is 1. The molecule has 1 fully saturated rings. The number of amides is 2. The van der Waals surface area contributed by atoms with Gasteiger partial charge in [0.1, 0.15) is 11.5 Å². The zero-order chi connectivity index (χ0) is 21.7. The molecular weight excluding hydrogens is 380 g/mol. The van der Waals surface area contributed by atoms with Crippen LogP contribution in [-0.2, 0) is 11.3 Å². The highest BCUT2D eigenvalue weighted by Gasteiger charge is 2.38. The van der Waals surface area contributed by atoms with Gasteiger partial charge in [-0.2, -0.15) is 0 Å². The monoisotopic (exact) mass is 410 g/mol. The number of benzene rings is 2. The second-order valence-corrected chi connectivity index (χ2v) is 8.07. The van der Waals surface area contributed by atoms with Gasteiger partial charge in [0.05, 0.1) is 14.2 Å². The number of aryl methyl sites for hydroxylation is 1. The van der Waals surface area contributed by atoms with Gasteiger partial charge >= 0.3 is 0 Å². The van der Waals surface area contributed by atoms with Crippen LogP contribution in [0.3, 0.4) is 0 Å². The highest BCUT2D eigenvalue weighted by atomic mass is 16.5. The lowest BCUT2D eigenvalue weighted by Gasteiger charge is -2.38. The summed E-state index contributed by atoms with van der Waals surface area (Å²) in [6.07, 6.45) is 1.27. The number of methoxy groups -OCH3 is 2. The number of carbonyl (C=O) groups excluding carboxylic acids is 2. The average molecular weight is 411 g/mol. The maximum absolute atomic E-state index is 12.9. The highest BCUT2D eigenvalue weighted by Crippen LogP contribution is 2.32. The first kappa shape index (κ1) is 21.7. The third-order valence-corrected chi connectivity index (χ3v) is 5.94. The zero-order valence-electron chi connectivity index (χ0n) is 18.2. The predicted molar refractivity (Wildman–Crippen MR) is 116 cm³/mol. The molecule has 30 heavy (non-hydrogen) atoms. The van der Waals surface area contributed by atoms with Crippen molar-refractivity contribution < 1.29 is 19.1 Å². The van der Waals surface area contributed by atoms with Crippen molar-refractivity contribution in [2.45, 2.75) is 33.2 Å². The van der Waals surface area contributed by atoms with Crippen molar-refractivity contribution in [1.29, 1.82) is 0 Å². The molecule has 2 aromatic carbocycles. The van der Waals surface area contributed by atoms with Crippen LogP contribution in [0.15, 0.2) is 42.5 Å². The number of hydrogen-bond acceptors (Lipinski definition) is 4. The molecule has 1 N–H and O–H groups in total. The Labute approximate surface area is 178 Å². The lowest BCUT2D eigenvalue weighted by molar-refractivity contribution is -0.132. The molecule has 6 heteroatoms. The van der Waals surface area contributed by atoms with E-state index in [2.05, 4.69) is 5.32 Å². The van der Waals surface area contributed by atoms with Crippen LogP contribution in [0, 0.1) is 12.3 Å². The second-order valence-electron chi connectivity index (χ2n) is 8.07. The Morgan fingerprint density at radius 2 is 1.63 bits per heavy atom. The minimum Gasteiger partial charge on any atom is -0.497 e. The zero-order valence-corrected chi connectivity index (χ0v) is 18.2. The molecule has 0 spiro atoms. The fourth-order valence-electron chi connectivity index (χ4n) is 3.78. The molecule has 0 bridgehead atoms. The molecule has 0 atom stereocenters. The van der Waals surface area contributed by atoms with Gasteiger partial charge in [-0.05, 0) is 49.1 Å². The number of nitrogens with one attached hydrogen (secondary N) is 1. The van der Waals surface area contributed by atoms with Crippen LogP contribution in [-0.4, -0.2) is 44.0 Å². The van der Waals surface area contributed by atoms with E-state index in [0.29, 0.717) is 44.0 Å². The largest absolute Gasteiger partial charge is 0.497 e. The van der Waals surface area contributed by atoms with Gasteiger partial charge in [0.25, 0.3) is 5.91 Å². The highest BCUT2D eigenvalue weighted by molar-refractivity contribution is 5.96. The first-order chi connectivity index (χ1) is 14.4. The van der Waals surface area contributed by atoms with Crippen molar-refractivity contribution in [2.24, 2.45) is 5.41 Å². The molecule has 0 saturated carbocycles. The van der Waals surface area contributed by atoms with Crippen molar-refractivity contribution in [2.75, 3.05) is 27.3 Å². The molecule has 0 radical (unpaired) electrons. The van der Waals surface area contributed by atoms with E-state index in [9.17, 15) is 9.59 Å². The van der Waals surface area contributed by atoms with Gasteiger partial charge < -0.3 is 19.7 Å². The SMILES string of the molecule is COc1cc(CNC(=O)C2(C)CCN(C(=O)c3ccccc3C)CC2)cc(OC)c1. The third kappa shape index (κ3) is 4.75. The van der Waals surface area contributed by atoms with E-state index < -0.39 is 5.41 Å². The Morgan fingerprint density at radius 3 is 2.20 bits per heavy atom. The van der Waals surface area contributed by atoms with Crippen LogP contribution in [0.25, 0.3) is 0 Å². The van der Waals surface area contributed by atoms with Crippen LogP contribution in [0.4, 0.5) is 0 Å². The topological polar surface area (TPSA) is 67.9 Å². The molecular formula is C24H30N2O4. The summed E-state index contributed by atoms with van der Waals surface area (Å²) in [5.74, 6) is 1.42. The number of hydrogen-bond donors (Lipinski definition) is 1. The summed E-state index contributed by atoms with van der Waals surface area (Å²) in [5.41, 5.74) is 2.13. The molecule has 1 aliphatic heterocycles. The summed E-state index contributed by atoms with van der Waals surface area (Å²) in [4.78, 5) is 27.6. The summed E-state index contributed by atoms with van der Waals surface area (Å²) in [6.45, 7) is 5.47. The number of carbonyl (C=O) groups is 2. The maximum atomic E-state index is 12.9. The third-order valence-electron chi connectivity index (χ3n) is 5.94. The Kier molecular flexibility index (Phi) is 6.65. The van der Waals surface area contributed by atoms with E-state index in [-0.39, 0.29) is 11.8 Å². The van der Waals surface area contributed by atoms with E-state index in [1.54, 1.807) is 20.3 Å². The molecule has 3 rings (SSSR count). The van der Waals surface area contributed by atoms with Crippen LogP contribution in [0.1, 0.15) is 41.3 Å². The van der Waals surface area contributed by atoms with Gasteiger partial charge in [-0.3, -0.25) is 9.59 Å². The molecule has 1 saturated heterocycles.